The van der Waals surface area contributed by atoms with Gasteiger partial charge in [-0.25, -0.2) is 0 Å². The minimum absolute atomic E-state index is 0.247. The molecule has 0 spiro atoms. The zero-order valence-electron chi connectivity index (χ0n) is 14.2. The Balaban J connectivity index is 1.67. The molecule has 0 aliphatic heterocycles. The van der Waals surface area contributed by atoms with Crippen LogP contribution in [0.3, 0.4) is 0 Å². The van der Waals surface area contributed by atoms with Crippen molar-refractivity contribution in [2.75, 3.05) is 0 Å². The Morgan fingerprint density at radius 1 is 0.583 bits per heavy atom. The van der Waals surface area contributed by atoms with Crippen LogP contribution < -0.4 is 0 Å². The van der Waals surface area contributed by atoms with Gasteiger partial charge in [-0.05, 0) is 59.1 Å². The molecule has 0 radical (unpaired) electrons. The number of hydrogen-bond donors (Lipinski definition) is 0. The van der Waals surface area contributed by atoms with Gasteiger partial charge >= 0.3 is 0 Å². The van der Waals surface area contributed by atoms with Gasteiger partial charge in [0.05, 0.1) is 0 Å². The lowest BCUT2D eigenvalue weighted by atomic mass is 9.62. The maximum atomic E-state index is 2.54. The molecule has 2 aromatic carbocycles. The lowest BCUT2D eigenvalue weighted by Crippen LogP contribution is -2.27. The van der Waals surface area contributed by atoms with E-state index in [1.54, 1.807) is 11.1 Å². The van der Waals surface area contributed by atoms with Gasteiger partial charge in [0.1, 0.15) is 0 Å². The fourth-order valence-corrected chi connectivity index (χ4v) is 5.31. The van der Waals surface area contributed by atoms with Crippen LogP contribution in [0.25, 0.3) is 11.1 Å². The number of hydrogen-bond acceptors (Lipinski definition) is 0. The first kappa shape index (κ1) is 14.3. The third-order valence-electron chi connectivity index (χ3n) is 6.41. The average Bonchev–Trinajstić information content (AvgIpc) is 3.27. The highest BCUT2D eigenvalue weighted by molar-refractivity contribution is 5.91. The van der Waals surface area contributed by atoms with E-state index >= 15 is 0 Å². The zero-order chi connectivity index (χ0) is 16.0. The Bertz CT molecular complexity index is 778. The third kappa shape index (κ3) is 1.99. The van der Waals surface area contributed by atoms with Gasteiger partial charge in [0.15, 0.2) is 0 Å². The second-order valence-corrected chi connectivity index (χ2v) is 7.60. The zero-order valence-corrected chi connectivity index (χ0v) is 14.2. The Hall–Kier alpha value is -2.08. The highest BCUT2D eigenvalue weighted by Gasteiger charge is 2.43. The summed E-state index contributed by atoms with van der Waals surface area (Å²) in [4.78, 5) is 0. The number of allylic oxidation sites excluding steroid dienone is 4. The summed E-state index contributed by atoms with van der Waals surface area (Å²) >= 11 is 0. The van der Waals surface area contributed by atoms with Crippen LogP contribution in [0.2, 0.25) is 0 Å². The van der Waals surface area contributed by atoms with E-state index in [0.717, 1.165) is 12.8 Å². The molecule has 0 aromatic heterocycles. The first-order chi connectivity index (χ1) is 11.9. The molecule has 3 aliphatic carbocycles. The number of fused-ring (bicyclic) bond motifs is 2. The highest BCUT2D eigenvalue weighted by Crippen LogP contribution is 2.58. The monoisotopic (exact) mass is 312 g/mol. The number of benzene rings is 2. The van der Waals surface area contributed by atoms with E-state index in [2.05, 4.69) is 60.7 Å². The predicted octanol–water partition coefficient (Wildman–Crippen LogP) is 6.22. The molecule has 2 aromatic rings. The van der Waals surface area contributed by atoms with Crippen LogP contribution in [0.4, 0.5) is 0 Å². The summed E-state index contributed by atoms with van der Waals surface area (Å²) in [5.74, 6) is 0. The first-order valence-electron chi connectivity index (χ1n) is 9.46. The Morgan fingerprint density at radius 2 is 1.08 bits per heavy atom. The quantitative estimate of drug-likeness (QED) is 0.618. The van der Waals surface area contributed by atoms with Crippen LogP contribution in [0.1, 0.15) is 54.4 Å². The summed E-state index contributed by atoms with van der Waals surface area (Å²) in [5.41, 5.74) is 9.57. The molecule has 0 bridgehead atoms. The first-order valence-corrected chi connectivity index (χ1v) is 9.46. The standard InChI is InChI=1S/C24H24/c1-6-16-24(17-7-1,22-14-12-18-8-2-4-10-20(18)22)23-15-13-19-9-3-5-11-21(19)23/h2-5,8-11,14-15H,1,6-7,12-13,16-17H2. The van der Waals surface area contributed by atoms with Gasteiger partial charge in [-0.15, -0.1) is 0 Å². The lowest BCUT2D eigenvalue weighted by molar-refractivity contribution is 0.351. The van der Waals surface area contributed by atoms with Crippen molar-refractivity contribution in [2.45, 2.75) is 44.9 Å². The lowest BCUT2D eigenvalue weighted by Gasteiger charge is -2.41. The molecular formula is C24H24. The van der Waals surface area contributed by atoms with Gasteiger partial charge in [0.25, 0.3) is 0 Å². The van der Waals surface area contributed by atoms with E-state index in [4.69, 9.17) is 0 Å². The molecule has 5 rings (SSSR count). The molecule has 0 nitrogen and oxygen atoms in total. The van der Waals surface area contributed by atoms with Crippen molar-refractivity contribution in [3.05, 3.63) is 82.9 Å². The van der Waals surface area contributed by atoms with Crippen molar-refractivity contribution in [3.63, 3.8) is 0 Å². The molecule has 0 saturated heterocycles. The Kier molecular flexibility index (Phi) is 3.26. The molecule has 0 atom stereocenters. The van der Waals surface area contributed by atoms with E-state index < -0.39 is 0 Å². The molecule has 1 fully saturated rings. The molecule has 0 amide bonds. The SMILES string of the molecule is C1=C(C2(C3=CCc4ccccc43)CCCCC2)c2ccccc2C1. The Labute approximate surface area is 144 Å². The summed E-state index contributed by atoms with van der Waals surface area (Å²) in [7, 11) is 0. The normalized spacial score (nSPS) is 21.0. The summed E-state index contributed by atoms with van der Waals surface area (Å²) in [6.45, 7) is 0. The minimum atomic E-state index is 0.247. The summed E-state index contributed by atoms with van der Waals surface area (Å²) in [6.07, 6.45) is 14.0. The molecule has 0 heterocycles. The van der Waals surface area contributed by atoms with Crippen LogP contribution in [0.5, 0.6) is 0 Å². The summed E-state index contributed by atoms with van der Waals surface area (Å²) in [5, 5.41) is 0. The van der Waals surface area contributed by atoms with Gasteiger partial charge in [-0.2, -0.15) is 0 Å². The van der Waals surface area contributed by atoms with Crippen molar-refractivity contribution >= 4 is 11.1 Å². The summed E-state index contributed by atoms with van der Waals surface area (Å²) in [6, 6.07) is 18.1. The van der Waals surface area contributed by atoms with Crippen molar-refractivity contribution in [3.8, 4) is 0 Å². The van der Waals surface area contributed by atoms with E-state index in [9.17, 15) is 0 Å². The van der Waals surface area contributed by atoms with Crippen LogP contribution in [0, 0.1) is 5.41 Å². The molecule has 0 N–H and O–H groups in total. The second kappa shape index (κ2) is 5.48. The van der Waals surface area contributed by atoms with Gasteiger partial charge < -0.3 is 0 Å². The third-order valence-corrected chi connectivity index (χ3v) is 6.41. The minimum Gasteiger partial charge on any atom is -0.0754 e. The smallest absolute Gasteiger partial charge is 0.0208 e. The molecule has 3 aliphatic rings. The average molecular weight is 312 g/mol. The van der Waals surface area contributed by atoms with E-state index in [-0.39, 0.29) is 5.41 Å². The summed E-state index contributed by atoms with van der Waals surface area (Å²) < 4.78 is 0. The fourth-order valence-electron chi connectivity index (χ4n) is 5.31. The molecule has 0 heteroatoms. The van der Waals surface area contributed by atoms with Crippen LogP contribution >= 0.6 is 0 Å². The molecular weight excluding hydrogens is 288 g/mol. The number of rotatable bonds is 2. The van der Waals surface area contributed by atoms with Crippen molar-refractivity contribution in [1.82, 2.24) is 0 Å². The molecule has 120 valence electrons. The largest absolute Gasteiger partial charge is 0.0754 e. The van der Waals surface area contributed by atoms with E-state index in [1.165, 1.54) is 54.4 Å². The van der Waals surface area contributed by atoms with Crippen molar-refractivity contribution < 1.29 is 0 Å². The maximum absolute atomic E-state index is 2.54. The molecule has 24 heavy (non-hydrogen) atoms. The predicted molar refractivity (Wildman–Crippen MR) is 102 cm³/mol. The van der Waals surface area contributed by atoms with Crippen LogP contribution in [-0.4, -0.2) is 0 Å². The van der Waals surface area contributed by atoms with E-state index in [1.807, 2.05) is 0 Å². The molecule has 1 saturated carbocycles. The molecule has 0 unspecified atom stereocenters. The highest BCUT2D eigenvalue weighted by atomic mass is 14.5. The van der Waals surface area contributed by atoms with Crippen LogP contribution in [-0.2, 0) is 12.8 Å². The van der Waals surface area contributed by atoms with Crippen molar-refractivity contribution in [2.24, 2.45) is 5.41 Å². The second-order valence-electron chi connectivity index (χ2n) is 7.60. The van der Waals surface area contributed by atoms with E-state index in [0.29, 0.717) is 0 Å². The fraction of sp³-hybridized carbons (Fsp3) is 0.333. The van der Waals surface area contributed by atoms with Gasteiger partial charge in [-0.3, -0.25) is 0 Å². The van der Waals surface area contributed by atoms with Crippen LogP contribution in [0.15, 0.2) is 60.7 Å². The van der Waals surface area contributed by atoms with Gasteiger partial charge in [-0.1, -0.05) is 79.9 Å². The van der Waals surface area contributed by atoms with Gasteiger partial charge in [0.2, 0.25) is 0 Å². The topological polar surface area (TPSA) is 0 Å². The Morgan fingerprint density at radius 3 is 1.62 bits per heavy atom. The maximum Gasteiger partial charge on any atom is 0.0208 e. The van der Waals surface area contributed by atoms with Crippen molar-refractivity contribution in [1.29, 1.82) is 0 Å². The van der Waals surface area contributed by atoms with Gasteiger partial charge in [0, 0.05) is 5.41 Å².